The van der Waals surface area contributed by atoms with Crippen molar-refractivity contribution in [2.45, 2.75) is 39.2 Å². The molecule has 0 radical (unpaired) electrons. The Bertz CT molecular complexity index is 531. The summed E-state index contributed by atoms with van der Waals surface area (Å²) in [5, 5.41) is 14.5. The minimum Gasteiger partial charge on any atom is -0.480 e. The van der Waals surface area contributed by atoms with Gasteiger partial charge in [-0.2, -0.15) is 0 Å². The highest BCUT2D eigenvalue weighted by atomic mass is 35.5. The van der Waals surface area contributed by atoms with Crippen molar-refractivity contribution in [3.05, 3.63) is 29.8 Å². The van der Waals surface area contributed by atoms with Crippen molar-refractivity contribution in [2.75, 3.05) is 11.9 Å². The van der Waals surface area contributed by atoms with Crippen LogP contribution in [-0.2, 0) is 9.59 Å². The molecular weight excluding hydrogens is 320 g/mol. The van der Waals surface area contributed by atoms with E-state index in [4.69, 9.17) is 5.11 Å². The van der Waals surface area contributed by atoms with Crippen LogP contribution in [0.3, 0.4) is 0 Å². The van der Waals surface area contributed by atoms with E-state index in [0.717, 1.165) is 6.42 Å². The van der Waals surface area contributed by atoms with Crippen molar-refractivity contribution in [1.82, 2.24) is 5.32 Å². The third kappa shape index (κ3) is 7.76. The number of carbonyl (C=O) groups is 3. The molecular formula is C16H23ClN2O4. The van der Waals surface area contributed by atoms with E-state index in [1.54, 1.807) is 24.3 Å². The SMILES string of the molecule is CCCC(NCCC(=O)Nc1ccc(C(C)=O)cc1)C(=O)O.Cl. The van der Waals surface area contributed by atoms with Gasteiger partial charge in [-0.05, 0) is 37.6 Å². The van der Waals surface area contributed by atoms with Crippen molar-refractivity contribution in [3.63, 3.8) is 0 Å². The smallest absolute Gasteiger partial charge is 0.320 e. The van der Waals surface area contributed by atoms with Crippen molar-refractivity contribution < 1.29 is 19.5 Å². The summed E-state index contributed by atoms with van der Waals surface area (Å²) in [7, 11) is 0. The lowest BCUT2D eigenvalue weighted by molar-refractivity contribution is -0.139. The fourth-order valence-corrected chi connectivity index (χ4v) is 1.97. The Morgan fingerprint density at radius 2 is 1.78 bits per heavy atom. The van der Waals surface area contributed by atoms with Crippen LogP contribution in [0.15, 0.2) is 24.3 Å². The summed E-state index contributed by atoms with van der Waals surface area (Å²) in [4.78, 5) is 33.9. The zero-order valence-corrected chi connectivity index (χ0v) is 14.1. The first-order valence-electron chi connectivity index (χ1n) is 7.31. The largest absolute Gasteiger partial charge is 0.480 e. The van der Waals surface area contributed by atoms with E-state index in [1.807, 2.05) is 6.92 Å². The molecule has 0 aliphatic carbocycles. The van der Waals surface area contributed by atoms with E-state index < -0.39 is 12.0 Å². The minimum absolute atomic E-state index is 0. The van der Waals surface area contributed by atoms with Gasteiger partial charge in [-0.3, -0.25) is 14.4 Å². The number of rotatable bonds is 9. The van der Waals surface area contributed by atoms with Gasteiger partial charge in [0, 0.05) is 24.2 Å². The Kier molecular flexibility index (Phi) is 9.85. The molecule has 0 heterocycles. The standard InChI is InChI=1S/C16H22N2O4.ClH/c1-3-4-14(16(21)22)17-10-9-15(20)18-13-7-5-12(6-8-13)11(2)19;/h5-8,14,17H,3-4,9-10H2,1-2H3,(H,18,20)(H,21,22);1H. The van der Waals surface area contributed by atoms with Gasteiger partial charge in [0.1, 0.15) is 6.04 Å². The Morgan fingerprint density at radius 1 is 1.17 bits per heavy atom. The van der Waals surface area contributed by atoms with E-state index in [1.165, 1.54) is 6.92 Å². The number of nitrogens with one attached hydrogen (secondary N) is 2. The number of hydrogen-bond donors (Lipinski definition) is 3. The van der Waals surface area contributed by atoms with Crippen LogP contribution in [0.1, 0.15) is 43.5 Å². The third-order valence-corrected chi connectivity index (χ3v) is 3.19. The highest BCUT2D eigenvalue weighted by Crippen LogP contribution is 2.10. The molecule has 0 aliphatic heterocycles. The summed E-state index contributed by atoms with van der Waals surface area (Å²) in [6.07, 6.45) is 1.48. The fraction of sp³-hybridized carbons (Fsp3) is 0.438. The quantitative estimate of drug-likeness (QED) is 0.599. The van der Waals surface area contributed by atoms with E-state index >= 15 is 0 Å². The maximum atomic E-state index is 11.8. The van der Waals surface area contributed by atoms with Gasteiger partial charge in [0.05, 0.1) is 0 Å². The Morgan fingerprint density at radius 3 is 2.26 bits per heavy atom. The van der Waals surface area contributed by atoms with Crippen LogP contribution in [0.5, 0.6) is 0 Å². The molecule has 0 bridgehead atoms. The molecule has 1 aromatic rings. The topological polar surface area (TPSA) is 95.5 Å². The lowest BCUT2D eigenvalue weighted by Gasteiger charge is -2.13. The number of carbonyl (C=O) groups excluding carboxylic acids is 2. The third-order valence-electron chi connectivity index (χ3n) is 3.19. The molecule has 0 saturated carbocycles. The molecule has 0 fully saturated rings. The van der Waals surface area contributed by atoms with Gasteiger partial charge in [0.25, 0.3) is 0 Å². The monoisotopic (exact) mass is 342 g/mol. The number of carboxylic acid groups (broad SMARTS) is 1. The second-order valence-electron chi connectivity index (χ2n) is 5.07. The lowest BCUT2D eigenvalue weighted by Crippen LogP contribution is -2.38. The van der Waals surface area contributed by atoms with Crippen LogP contribution in [0.25, 0.3) is 0 Å². The van der Waals surface area contributed by atoms with Crippen LogP contribution >= 0.6 is 12.4 Å². The number of hydrogen-bond acceptors (Lipinski definition) is 4. The molecule has 1 unspecified atom stereocenters. The predicted molar refractivity (Wildman–Crippen MR) is 91.3 cm³/mol. The van der Waals surface area contributed by atoms with E-state index in [2.05, 4.69) is 10.6 Å². The normalized spacial score (nSPS) is 11.2. The molecule has 128 valence electrons. The Balaban J connectivity index is 0.00000484. The van der Waals surface area contributed by atoms with Gasteiger partial charge in [0.15, 0.2) is 5.78 Å². The number of aliphatic carboxylic acids is 1. The molecule has 1 rings (SSSR count). The van der Waals surface area contributed by atoms with Gasteiger partial charge in [-0.25, -0.2) is 0 Å². The summed E-state index contributed by atoms with van der Waals surface area (Å²) in [6.45, 7) is 3.69. The van der Waals surface area contributed by atoms with Gasteiger partial charge in [-0.1, -0.05) is 13.3 Å². The van der Waals surface area contributed by atoms with Gasteiger partial charge >= 0.3 is 5.97 Å². The van der Waals surface area contributed by atoms with Gasteiger partial charge in [-0.15, -0.1) is 12.4 Å². The molecule has 1 aromatic carbocycles. The van der Waals surface area contributed by atoms with Gasteiger partial charge < -0.3 is 15.7 Å². The highest BCUT2D eigenvalue weighted by Gasteiger charge is 2.15. The number of amides is 1. The molecule has 1 amide bonds. The first-order chi connectivity index (χ1) is 10.4. The first-order valence-corrected chi connectivity index (χ1v) is 7.31. The molecule has 6 nitrogen and oxygen atoms in total. The maximum absolute atomic E-state index is 11.8. The van der Waals surface area contributed by atoms with E-state index in [-0.39, 0.29) is 30.5 Å². The molecule has 0 aliphatic rings. The number of Topliss-reactive ketones (excluding diaryl/α,β-unsaturated/α-hetero) is 1. The molecule has 0 aromatic heterocycles. The van der Waals surface area contributed by atoms with Crippen molar-refractivity contribution in [2.24, 2.45) is 0 Å². The average Bonchev–Trinajstić information content (AvgIpc) is 2.46. The van der Waals surface area contributed by atoms with E-state index in [0.29, 0.717) is 24.2 Å². The molecule has 0 spiro atoms. The molecule has 1 atom stereocenters. The average molecular weight is 343 g/mol. The highest BCUT2D eigenvalue weighted by molar-refractivity contribution is 5.95. The number of benzene rings is 1. The molecule has 3 N–H and O–H groups in total. The number of halogens is 1. The predicted octanol–water partition coefficient (Wildman–Crippen LogP) is 2.48. The van der Waals surface area contributed by atoms with Crippen LogP contribution in [0, 0.1) is 0 Å². The summed E-state index contributed by atoms with van der Waals surface area (Å²) >= 11 is 0. The number of ketones is 1. The second-order valence-corrected chi connectivity index (χ2v) is 5.07. The summed E-state index contributed by atoms with van der Waals surface area (Å²) < 4.78 is 0. The van der Waals surface area contributed by atoms with Crippen molar-refractivity contribution >= 4 is 35.8 Å². The number of anilines is 1. The fourth-order valence-electron chi connectivity index (χ4n) is 1.97. The molecule has 0 saturated heterocycles. The van der Waals surface area contributed by atoms with Crippen molar-refractivity contribution in [3.8, 4) is 0 Å². The van der Waals surface area contributed by atoms with Crippen LogP contribution < -0.4 is 10.6 Å². The molecule has 7 heteroatoms. The van der Waals surface area contributed by atoms with Crippen LogP contribution in [0.4, 0.5) is 5.69 Å². The van der Waals surface area contributed by atoms with Gasteiger partial charge in [0.2, 0.25) is 5.91 Å². The minimum atomic E-state index is -0.901. The van der Waals surface area contributed by atoms with E-state index in [9.17, 15) is 14.4 Å². The molecule has 23 heavy (non-hydrogen) atoms. The van der Waals surface area contributed by atoms with Crippen LogP contribution in [-0.4, -0.2) is 35.4 Å². The summed E-state index contributed by atoms with van der Waals surface area (Å²) in [5.74, 6) is -1.14. The Labute approximate surface area is 142 Å². The maximum Gasteiger partial charge on any atom is 0.320 e. The summed E-state index contributed by atoms with van der Waals surface area (Å²) in [6, 6.07) is 6.02. The zero-order valence-electron chi connectivity index (χ0n) is 13.3. The van der Waals surface area contributed by atoms with Crippen LogP contribution in [0.2, 0.25) is 0 Å². The number of carboxylic acids is 1. The first kappa shape index (κ1) is 21.1. The zero-order chi connectivity index (χ0) is 16.5. The summed E-state index contributed by atoms with van der Waals surface area (Å²) in [5.41, 5.74) is 1.20. The Hall–Kier alpha value is -1.92. The van der Waals surface area contributed by atoms with Crippen molar-refractivity contribution in [1.29, 1.82) is 0 Å². The lowest BCUT2D eigenvalue weighted by atomic mass is 10.1. The second kappa shape index (κ2) is 10.7.